The molecule has 1 atom stereocenters. The number of carbonyl (C=O) groups excluding carboxylic acids is 1. The number of Topliss-reactive ketones (excluding diaryl/α,β-unsaturated/α-hetero) is 1. The molecule has 0 fully saturated rings. The third-order valence-corrected chi connectivity index (χ3v) is 11.2. The largest absolute Gasteiger partial charge is 0.500 e. The highest BCUT2D eigenvalue weighted by Crippen LogP contribution is 2.20. The van der Waals surface area contributed by atoms with Crippen molar-refractivity contribution in [3.63, 3.8) is 0 Å². The van der Waals surface area contributed by atoms with Gasteiger partial charge in [-0.2, -0.15) is 0 Å². The molecule has 1 unspecified atom stereocenters. The van der Waals surface area contributed by atoms with Gasteiger partial charge in [-0.05, 0) is 60.9 Å². The molecule has 0 aliphatic carbocycles. The minimum Gasteiger partial charge on any atom is -0.374 e. The van der Waals surface area contributed by atoms with Gasteiger partial charge in [-0.15, -0.1) is 0 Å². The number of ketones is 1. The van der Waals surface area contributed by atoms with E-state index in [4.69, 9.17) is 26.6 Å². The average Bonchev–Trinajstić information content (AvgIpc) is 2.74. The lowest BCUT2D eigenvalue weighted by Crippen LogP contribution is -2.46. The number of carbonyl (C=O) groups is 1. The van der Waals surface area contributed by atoms with Crippen LogP contribution in [-0.2, 0) is 31.4 Å². The summed E-state index contributed by atoms with van der Waals surface area (Å²) in [5.41, 5.74) is 0. The maximum atomic E-state index is 12.6. The molecule has 0 aromatic carbocycles. The molecule has 0 aliphatic heterocycles. The van der Waals surface area contributed by atoms with Gasteiger partial charge in [0.2, 0.25) is 0 Å². The number of hydrogen-bond acceptors (Lipinski definition) is 8. The molecule has 1 N–H and O–H groups in total. The standard InChI is InChI=1S/C22H49NO7Si2/c1-8-25-31(26-9-2,27-10-3)18-14-16-22(24)21(7)20-23-17-15-19-32(28-11-4,29-12-5)30-13-6/h21,23H,8-20H2,1-7H3. The molecule has 0 rings (SSSR count). The fourth-order valence-electron chi connectivity index (χ4n) is 3.59. The molecule has 0 bridgehead atoms. The summed E-state index contributed by atoms with van der Waals surface area (Å²) in [5.74, 6) is 0.219. The highest BCUT2D eigenvalue weighted by molar-refractivity contribution is 6.61. The molecule has 10 heteroatoms. The van der Waals surface area contributed by atoms with Crippen LogP contribution in [0.1, 0.15) is 67.7 Å². The second kappa shape index (κ2) is 19.2. The van der Waals surface area contributed by atoms with E-state index in [-0.39, 0.29) is 11.7 Å². The Bertz CT molecular complexity index is 438. The van der Waals surface area contributed by atoms with Crippen LogP contribution in [-0.4, -0.2) is 76.1 Å². The first-order valence-corrected chi connectivity index (χ1v) is 16.3. The van der Waals surface area contributed by atoms with Crippen molar-refractivity contribution in [2.24, 2.45) is 5.92 Å². The molecule has 0 saturated heterocycles. The highest BCUT2D eigenvalue weighted by atomic mass is 28.4. The quantitative estimate of drug-likeness (QED) is 0.168. The topological polar surface area (TPSA) is 84.5 Å². The van der Waals surface area contributed by atoms with E-state index >= 15 is 0 Å². The summed E-state index contributed by atoms with van der Waals surface area (Å²) in [4.78, 5) is 12.6. The summed E-state index contributed by atoms with van der Waals surface area (Å²) in [5, 5.41) is 3.40. The first-order chi connectivity index (χ1) is 15.4. The molecule has 0 aliphatic rings. The van der Waals surface area contributed by atoms with Gasteiger partial charge in [-0.1, -0.05) is 6.92 Å². The van der Waals surface area contributed by atoms with E-state index in [9.17, 15) is 4.79 Å². The maximum Gasteiger partial charge on any atom is 0.500 e. The molecule has 0 radical (unpaired) electrons. The van der Waals surface area contributed by atoms with Crippen LogP contribution in [0.4, 0.5) is 0 Å². The predicted octanol–water partition coefficient (Wildman–Crippen LogP) is 4.05. The van der Waals surface area contributed by atoms with Gasteiger partial charge >= 0.3 is 17.6 Å². The molecule has 0 saturated carbocycles. The van der Waals surface area contributed by atoms with E-state index in [1.807, 2.05) is 48.5 Å². The van der Waals surface area contributed by atoms with E-state index in [1.54, 1.807) is 0 Å². The fourth-order valence-corrected chi connectivity index (χ4v) is 8.81. The van der Waals surface area contributed by atoms with Crippen molar-refractivity contribution in [3.05, 3.63) is 0 Å². The maximum absolute atomic E-state index is 12.6. The Morgan fingerprint density at radius 1 is 0.688 bits per heavy atom. The summed E-state index contributed by atoms with van der Waals surface area (Å²) in [6.07, 6.45) is 2.12. The Kier molecular flexibility index (Phi) is 19.1. The summed E-state index contributed by atoms with van der Waals surface area (Å²) in [6.45, 7) is 18.6. The van der Waals surface area contributed by atoms with Crippen LogP contribution in [0.3, 0.4) is 0 Å². The third kappa shape index (κ3) is 12.9. The van der Waals surface area contributed by atoms with E-state index in [1.165, 1.54) is 0 Å². The lowest BCUT2D eigenvalue weighted by molar-refractivity contribution is -0.122. The van der Waals surface area contributed by atoms with Crippen molar-refractivity contribution in [1.82, 2.24) is 5.32 Å². The molecular weight excluding hydrogens is 446 g/mol. The monoisotopic (exact) mass is 495 g/mol. The zero-order valence-corrected chi connectivity index (χ0v) is 23.6. The van der Waals surface area contributed by atoms with Crippen molar-refractivity contribution in [2.45, 2.75) is 79.8 Å². The second-order valence-electron chi connectivity index (χ2n) is 7.49. The number of hydrogen-bond donors (Lipinski definition) is 1. The fraction of sp³-hybridized carbons (Fsp3) is 0.955. The molecule has 0 aromatic rings. The van der Waals surface area contributed by atoms with Crippen molar-refractivity contribution < 1.29 is 31.4 Å². The zero-order valence-electron chi connectivity index (χ0n) is 21.6. The van der Waals surface area contributed by atoms with Crippen LogP contribution in [0.15, 0.2) is 0 Å². The molecule has 8 nitrogen and oxygen atoms in total. The van der Waals surface area contributed by atoms with Crippen molar-refractivity contribution >= 4 is 23.4 Å². The van der Waals surface area contributed by atoms with Crippen LogP contribution in [0, 0.1) is 5.92 Å². The van der Waals surface area contributed by atoms with Gasteiger partial charge in [0.15, 0.2) is 0 Å². The second-order valence-corrected chi connectivity index (χ2v) is 13.0. The first kappa shape index (κ1) is 31.8. The van der Waals surface area contributed by atoms with Crippen LogP contribution < -0.4 is 5.32 Å². The summed E-state index contributed by atoms with van der Waals surface area (Å²) >= 11 is 0. The highest BCUT2D eigenvalue weighted by Gasteiger charge is 2.40. The van der Waals surface area contributed by atoms with Gasteiger partial charge in [0, 0.05) is 70.6 Å². The van der Waals surface area contributed by atoms with E-state index < -0.39 is 17.6 Å². The smallest absolute Gasteiger partial charge is 0.374 e. The van der Waals surface area contributed by atoms with Crippen LogP contribution in [0.25, 0.3) is 0 Å². The Morgan fingerprint density at radius 3 is 1.44 bits per heavy atom. The molecule has 0 heterocycles. The SMILES string of the molecule is CCO[Si](CCCNCC(C)C(=O)CCC[Si](OCC)(OCC)OCC)(OCC)OCC. The first-order valence-electron chi connectivity index (χ1n) is 12.4. The summed E-state index contributed by atoms with van der Waals surface area (Å²) in [7, 11) is -5.26. The minimum atomic E-state index is -2.67. The van der Waals surface area contributed by atoms with Gasteiger partial charge in [-0.25, -0.2) is 0 Å². The zero-order chi connectivity index (χ0) is 24.3. The van der Waals surface area contributed by atoms with Crippen LogP contribution in [0.5, 0.6) is 0 Å². The Morgan fingerprint density at radius 2 is 1.06 bits per heavy atom. The molecule has 192 valence electrons. The molecule has 0 amide bonds. The lowest BCUT2D eigenvalue weighted by atomic mass is 10.0. The van der Waals surface area contributed by atoms with Crippen molar-refractivity contribution in [1.29, 1.82) is 0 Å². The molecule has 32 heavy (non-hydrogen) atoms. The lowest BCUT2D eigenvalue weighted by Gasteiger charge is -2.28. The van der Waals surface area contributed by atoms with Gasteiger partial charge in [0.05, 0.1) is 0 Å². The van der Waals surface area contributed by atoms with E-state index in [0.717, 1.165) is 25.4 Å². The minimum absolute atomic E-state index is 0.0370. The normalized spacial score (nSPS) is 13.5. The third-order valence-electron chi connectivity index (χ3n) is 4.93. The van der Waals surface area contributed by atoms with Gasteiger partial charge in [-0.3, -0.25) is 4.79 Å². The van der Waals surface area contributed by atoms with Gasteiger partial charge < -0.3 is 31.9 Å². The predicted molar refractivity (Wildman–Crippen MR) is 132 cm³/mol. The molecule has 0 aromatic heterocycles. The Hall–Kier alpha value is -0.176. The molecular formula is C22H49NO7Si2. The van der Waals surface area contributed by atoms with Crippen LogP contribution >= 0.6 is 0 Å². The average molecular weight is 496 g/mol. The summed E-state index contributed by atoms with van der Waals surface area (Å²) < 4.78 is 35.3. The van der Waals surface area contributed by atoms with E-state index in [2.05, 4.69) is 5.32 Å². The van der Waals surface area contributed by atoms with Gasteiger partial charge in [0.25, 0.3) is 0 Å². The van der Waals surface area contributed by atoms with Gasteiger partial charge in [0.1, 0.15) is 5.78 Å². The Labute approximate surface area is 198 Å². The van der Waals surface area contributed by atoms with E-state index in [0.29, 0.717) is 58.7 Å². The number of rotatable bonds is 23. The summed E-state index contributed by atoms with van der Waals surface area (Å²) in [6, 6.07) is 1.45. The van der Waals surface area contributed by atoms with Crippen LogP contribution in [0.2, 0.25) is 12.1 Å². The van der Waals surface area contributed by atoms with Crippen molar-refractivity contribution in [3.8, 4) is 0 Å². The van der Waals surface area contributed by atoms with Crippen molar-refractivity contribution in [2.75, 3.05) is 52.7 Å². The number of nitrogens with one attached hydrogen (secondary N) is 1. The Balaban J connectivity index is 4.37. The molecule has 0 spiro atoms.